The van der Waals surface area contributed by atoms with Crippen LogP contribution < -0.4 is 0 Å². The first-order chi connectivity index (χ1) is 7.47. The lowest BCUT2D eigenvalue weighted by atomic mass is 10.1. The minimum Gasteiger partial charge on any atom is -0.465 e. The second kappa shape index (κ2) is 7.71. The van der Waals surface area contributed by atoms with Crippen molar-refractivity contribution < 1.29 is 14.7 Å². The summed E-state index contributed by atoms with van der Waals surface area (Å²) in [6.07, 6.45) is 2.48. The van der Waals surface area contributed by atoms with E-state index in [0.717, 1.165) is 17.7 Å². The average Bonchev–Trinajstić information content (AvgIpc) is 2.16. The maximum absolute atomic E-state index is 10.9. The van der Waals surface area contributed by atoms with Gasteiger partial charge in [0.1, 0.15) is 5.78 Å². The van der Waals surface area contributed by atoms with Gasteiger partial charge in [-0.1, -0.05) is 13.5 Å². The summed E-state index contributed by atoms with van der Waals surface area (Å²) in [5.41, 5.74) is 2.67. The number of amides is 1. The molecule has 0 heterocycles. The number of hydrogen-bond donors (Lipinski definition) is 1. The Morgan fingerprint density at radius 1 is 1.56 bits per heavy atom. The molecule has 1 unspecified atom stereocenters. The highest BCUT2D eigenvalue weighted by molar-refractivity contribution is 5.81. The van der Waals surface area contributed by atoms with Crippen molar-refractivity contribution in [1.82, 2.24) is 4.90 Å². The molecule has 0 bridgehead atoms. The minimum atomic E-state index is -1.04. The minimum absolute atomic E-state index is 0.0308. The van der Waals surface area contributed by atoms with Crippen LogP contribution in [0.15, 0.2) is 18.4 Å². The third kappa shape index (κ3) is 6.85. The Kier molecular flexibility index (Phi) is 6.97. The fourth-order valence-electron chi connectivity index (χ4n) is 1.42. The molecule has 4 nitrogen and oxygen atoms in total. The molecule has 16 heavy (non-hydrogen) atoms. The number of carbonyl (C=O) groups excluding carboxylic acids is 1. The Balaban J connectivity index is 4.12. The predicted octanol–water partition coefficient (Wildman–Crippen LogP) is 2.31. The van der Waals surface area contributed by atoms with E-state index in [1.807, 2.05) is 13.0 Å². The van der Waals surface area contributed by atoms with Crippen molar-refractivity contribution in [2.45, 2.75) is 26.7 Å². The Bertz CT molecular complexity index is 293. The zero-order chi connectivity index (χ0) is 12.6. The predicted molar refractivity (Wildman–Crippen MR) is 62.4 cm³/mol. The van der Waals surface area contributed by atoms with Crippen LogP contribution in [0.25, 0.3) is 0 Å². The molecule has 0 saturated heterocycles. The molecule has 0 aliphatic carbocycles. The summed E-state index contributed by atoms with van der Waals surface area (Å²) in [5.74, 6) is 0.0839. The monoisotopic (exact) mass is 225 g/mol. The Morgan fingerprint density at radius 3 is 2.62 bits per heavy atom. The summed E-state index contributed by atoms with van der Waals surface area (Å²) in [5, 5.41) is 8.89. The van der Waals surface area contributed by atoms with Crippen molar-refractivity contribution in [3.8, 4) is 0 Å². The topological polar surface area (TPSA) is 57.6 Å². The number of carbonyl (C=O) groups is 2. The third-order valence-electron chi connectivity index (χ3n) is 2.16. The maximum Gasteiger partial charge on any atom is 0.407 e. The van der Waals surface area contributed by atoms with Crippen molar-refractivity contribution >= 4 is 11.9 Å². The van der Waals surface area contributed by atoms with Crippen LogP contribution in [0, 0.1) is 5.92 Å². The van der Waals surface area contributed by atoms with Crippen LogP contribution in [0.1, 0.15) is 26.7 Å². The first kappa shape index (κ1) is 14.5. The molecule has 0 radical (unpaired) electrons. The van der Waals surface area contributed by atoms with E-state index in [9.17, 15) is 9.59 Å². The SMILES string of the molecule is C=C=CCCC(C)CN(CC(C)=O)C(=O)O. The third-order valence-corrected chi connectivity index (χ3v) is 2.16. The van der Waals surface area contributed by atoms with Gasteiger partial charge in [0, 0.05) is 6.54 Å². The van der Waals surface area contributed by atoms with E-state index in [-0.39, 0.29) is 18.2 Å². The van der Waals surface area contributed by atoms with Gasteiger partial charge in [-0.2, -0.15) is 0 Å². The van der Waals surface area contributed by atoms with E-state index in [4.69, 9.17) is 5.11 Å². The number of ketones is 1. The summed E-state index contributed by atoms with van der Waals surface area (Å²) in [4.78, 5) is 22.9. The highest BCUT2D eigenvalue weighted by Crippen LogP contribution is 2.08. The van der Waals surface area contributed by atoms with E-state index in [2.05, 4.69) is 12.3 Å². The molecular formula is C12H19NO3. The normalized spacial score (nSPS) is 11.4. The second-order valence-electron chi connectivity index (χ2n) is 3.96. The van der Waals surface area contributed by atoms with Crippen molar-refractivity contribution in [3.63, 3.8) is 0 Å². The summed E-state index contributed by atoms with van der Waals surface area (Å²) in [6, 6.07) is 0. The molecule has 4 heteroatoms. The van der Waals surface area contributed by atoms with Crippen LogP contribution in [0.5, 0.6) is 0 Å². The lowest BCUT2D eigenvalue weighted by Gasteiger charge is -2.21. The summed E-state index contributed by atoms with van der Waals surface area (Å²) in [6.45, 7) is 7.17. The highest BCUT2D eigenvalue weighted by Gasteiger charge is 2.16. The summed E-state index contributed by atoms with van der Waals surface area (Å²) < 4.78 is 0. The number of allylic oxidation sites excluding steroid dienone is 1. The largest absolute Gasteiger partial charge is 0.465 e. The Labute approximate surface area is 96.3 Å². The van der Waals surface area contributed by atoms with Crippen LogP contribution in [0.3, 0.4) is 0 Å². The van der Waals surface area contributed by atoms with Crippen LogP contribution in [0.2, 0.25) is 0 Å². The molecule has 0 spiro atoms. The molecular weight excluding hydrogens is 206 g/mol. The van der Waals surface area contributed by atoms with E-state index in [1.54, 1.807) is 0 Å². The van der Waals surface area contributed by atoms with Crippen LogP contribution in [-0.4, -0.2) is 35.0 Å². The smallest absolute Gasteiger partial charge is 0.407 e. The van der Waals surface area contributed by atoms with E-state index in [0.29, 0.717) is 6.54 Å². The standard InChI is InChI=1S/C12H19NO3/c1-4-5-6-7-10(2)8-13(12(15)16)9-11(3)14/h5,10H,1,6-9H2,2-3H3,(H,15,16). The van der Waals surface area contributed by atoms with Crippen LogP contribution in [-0.2, 0) is 4.79 Å². The van der Waals surface area contributed by atoms with Crippen molar-refractivity contribution in [2.75, 3.05) is 13.1 Å². The maximum atomic E-state index is 10.9. The fourth-order valence-corrected chi connectivity index (χ4v) is 1.42. The highest BCUT2D eigenvalue weighted by atomic mass is 16.4. The van der Waals surface area contributed by atoms with E-state index < -0.39 is 6.09 Å². The second-order valence-corrected chi connectivity index (χ2v) is 3.96. The summed E-state index contributed by atoms with van der Waals surface area (Å²) in [7, 11) is 0. The van der Waals surface area contributed by atoms with Gasteiger partial charge >= 0.3 is 6.09 Å². The van der Waals surface area contributed by atoms with Gasteiger partial charge in [0.05, 0.1) is 6.54 Å². The van der Waals surface area contributed by atoms with Crippen molar-refractivity contribution in [2.24, 2.45) is 5.92 Å². The Hall–Kier alpha value is -1.54. The lowest BCUT2D eigenvalue weighted by molar-refractivity contribution is -0.117. The molecule has 0 rings (SSSR count). The van der Waals surface area contributed by atoms with Crippen molar-refractivity contribution in [3.05, 3.63) is 18.4 Å². The van der Waals surface area contributed by atoms with E-state index in [1.165, 1.54) is 6.92 Å². The number of rotatable bonds is 7. The number of Topliss-reactive ketones (excluding diaryl/α,β-unsaturated/α-hetero) is 1. The van der Waals surface area contributed by atoms with Crippen molar-refractivity contribution in [1.29, 1.82) is 0 Å². The van der Waals surface area contributed by atoms with Crippen LogP contribution >= 0.6 is 0 Å². The first-order valence-electron chi connectivity index (χ1n) is 5.29. The fraction of sp³-hybridized carbons (Fsp3) is 0.583. The first-order valence-corrected chi connectivity index (χ1v) is 5.29. The lowest BCUT2D eigenvalue weighted by Crippen LogP contribution is -2.37. The summed E-state index contributed by atoms with van der Waals surface area (Å²) >= 11 is 0. The molecule has 1 amide bonds. The van der Waals surface area contributed by atoms with Gasteiger partial charge in [-0.05, 0) is 31.8 Å². The molecule has 0 saturated carbocycles. The van der Waals surface area contributed by atoms with Gasteiger partial charge < -0.3 is 10.0 Å². The molecule has 0 aromatic rings. The van der Waals surface area contributed by atoms with Gasteiger partial charge in [-0.3, -0.25) is 4.79 Å². The molecule has 90 valence electrons. The van der Waals surface area contributed by atoms with Gasteiger partial charge in [-0.25, -0.2) is 4.79 Å². The average molecular weight is 225 g/mol. The number of hydrogen-bond acceptors (Lipinski definition) is 2. The molecule has 0 fully saturated rings. The van der Waals surface area contributed by atoms with Gasteiger partial charge in [0.2, 0.25) is 0 Å². The molecule has 1 N–H and O–H groups in total. The van der Waals surface area contributed by atoms with E-state index >= 15 is 0 Å². The quantitative estimate of drug-likeness (QED) is 0.676. The zero-order valence-corrected chi connectivity index (χ0v) is 9.90. The number of carboxylic acid groups (broad SMARTS) is 1. The van der Waals surface area contributed by atoms with Gasteiger partial charge in [0.15, 0.2) is 0 Å². The zero-order valence-electron chi connectivity index (χ0n) is 9.90. The molecule has 0 aliphatic heterocycles. The molecule has 0 aromatic heterocycles. The van der Waals surface area contributed by atoms with Gasteiger partial charge in [0.25, 0.3) is 0 Å². The molecule has 1 atom stereocenters. The van der Waals surface area contributed by atoms with Gasteiger partial charge in [-0.15, -0.1) is 5.73 Å². The van der Waals surface area contributed by atoms with Crippen LogP contribution in [0.4, 0.5) is 4.79 Å². The Morgan fingerprint density at radius 2 is 2.19 bits per heavy atom. The molecule has 0 aromatic carbocycles. The molecule has 0 aliphatic rings. The number of nitrogens with zero attached hydrogens (tertiary/aromatic N) is 1.